The number of ketones is 1. The summed E-state index contributed by atoms with van der Waals surface area (Å²) in [5.41, 5.74) is -0.522. The number of nitrogens with zero attached hydrogens (tertiary/aromatic N) is 2. The third kappa shape index (κ3) is 5.33. The van der Waals surface area contributed by atoms with Gasteiger partial charge < -0.3 is 14.5 Å². The van der Waals surface area contributed by atoms with E-state index in [-0.39, 0.29) is 30.6 Å². The minimum Gasteiger partial charge on any atom is -0.444 e. The summed E-state index contributed by atoms with van der Waals surface area (Å²) >= 11 is 1.39. The Bertz CT molecular complexity index is 584. The number of Topliss-reactive ketones (excluding diaryl/α,β-unsaturated/α-hetero) is 1. The summed E-state index contributed by atoms with van der Waals surface area (Å²) in [6.45, 7) is 7.36. The summed E-state index contributed by atoms with van der Waals surface area (Å²) in [4.78, 5) is 40.2. The molecule has 24 heavy (non-hydrogen) atoms. The SMILES string of the molecule is CC(C)(C)OC(=O)N1CCN(C(=O)CCC(=O)c2cccs2)CC1. The smallest absolute Gasteiger partial charge is 0.410 e. The molecule has 0 saturated carbocycles. The number of carbonyl (C=O) groups excluding carboxylic acids is 3. The zero-order valence-electron chi connectivity index (χ0n) is 14.4. The van der Waals surface area contributed by atoms with Gasteiger partial charge in [-0.2, -0.15) is 0 Å². The van der Waals surface area contributed by atoms with E-state index >= 15 is 0 Å². The number of hydrogen-bond donors (Lipinski definition) is 0. The van der Waals surface area contributed by atoms with Crippen molar-refractivity contribution in [2.24, 2.45) is 0 Å². The van der Waals surface area contributed by atoms with Crippen LogP contribution < -0.4 is 0 Å². The zero-order chi connectivity index (χ0) is 17.7. The van der Waals surface area contributed by atoms with E-state index in [9.17, 15) is 14.4 Å². The van der Waals surface area contributed by atoms with Crippen molar-refractivity contribution < 1.29 is 19.1 Å². The molecule has 2 rings (SSSR count). The molecular weight excluding hydrogens is 328 g/mol. The van der Waals surface area contributed by atoms with Crippen molar-refractivity contribution in [2.75, 3.05) is 26.2 Å². The number of thiophene rings is 1. The Labute approximate surface area is 146 Å². The van der Waals surface area contributed by atoms with E-state index in [1.807, 2.05) is 32.2 Å². The van der Waals surface area contributed by atoms with E-state index in [1.165, 1.54) is 11.3 Å². The average molecular weight is 352 g/mol. The van der Waals surface area contributed by atoms with Crippen LogP contribution in [0.2, 0.25) is 0 Å². The Kier molecular flexibility index (Phi) is 5.99. The Morgan fingerprint density at radius 3 is 2.25 bits per heavy atom. The summed E-state index contributed by atoms with van der Waals surface area (Å²) in [5, 5.41) is 1.85. The van der Waals surface area contributed by atoms with Crippen LogP contribution in [0, 0.1) is 0 Å². The van der Waals surface area contributed by atoms with Gasteiger partial charge in [-0.05, 0) is 32.2 Å². The molecule has 0 unspecified atom stereocenters. The lowest BCUT2D eigenvalue weighted by molar-refractivity contribution is -0.132. The third-order valence-corrected chi connectivity index (χ3v) is 4.56. The van der Waals surface area contributed by atoms with Crippen LogP contribution in [0.3, 0.4) is 0 Å². The molecule has 0 bridgehead atoms. The molecule has 0 spiro atoms. The minimum atomic E-state index is -0.522. The standard InChI is InChI=1S/C17H24N2O4S/c1-17(2,3)23-16(22)19-10-8-18(9-11-19)15(21)7-6-13(20)14-5-4-12-24-14/h4-5,12H,6-11H2,1-3H3. The highest BCUT2D eigenvalue weighted by molar-refractivity contribution is 7.12. The maximum Gasteiger partial charge on any atom is 0.410 e. The highest BCUT2D eigenvalue weighted by Crippen LogP contribution is 2.15. The van der Waals surface area contributed by atoms with Gasteiger partial charge in [-0.1, -0.05) is 6.07 Å². The topological polar surface area (TPSA) is 66.9 Å². The first kappa shape index (κ1) is 18.4. The van der Waals surface area contributed by atoms with Gasteiger partial charge >= 0.3 is 6.09 Å². The third-order valence-electron chi connectivity index (χ3n) is 3.65. The second-order valence-corrected chi connectivity index (χ2v) is 7.70. The molecule has 0 radical (unpaired) electrons. The second kappa shape index (κ2) is 7.79. The Morgan fingerprint density at radius 2 is 1.71 bits per heavy atom. The van der Waals surface area contributed by atoms with Crippen LogP contribution in [0.4, 0.5) is 4.79 Å². The van der Waals surface area contributed by atoms with Crippen molar-refractivity contribution in [1.82, 2.24) is 9.80 Å². The van der Waals surface area contributed by atoms with Gasteiger partial charge in [-0.15, -0.1) is 11.3 Å². The fraction of sp³-hybridized carbons (Fsp3) is 0.588. The van der Waals surface area contributed by atoms with E-state index in [1.54, 1.807) is 15.9 Å². The number of carbonyl (C=O) groups is 3. The van der Waals surface area contributed by atoms with E-state index in [4.69, 9.17) is 4.74 Å². The second-order valence-electron chi connectivity index (χ2n) is 6.75. The molecule has 1 aliphatic heterocycles. The van der Waals surface area contributed by atoms with Crippen LogP contribution >= 0.6 is 11.3 Å². The van der Waals surface area contributed by atoms with Gasteiger partial charge in [0.2, 0.25) is 5.91 Å². The van der Waals surface area contributed by atoms with Crippen LogP contribution in [0.1, 0.15) is 43.3 Å². The van der Waals surface area contributed by atoms with Crippen LogP contribution in [0.25, 0.3) is 0 Å². The first-order valence-electron chi connectivity index (χ1n) is 8.09. The van der Waals surface area contributed by atoms with Crippen molar-refractivity contribution in [3.8, 4) is 0 Å². The molecule has 1 saturated heterocycles. The van der Waals surface area contributed by atoms with Crippen LogP contribution in [0.5, 0.6) is 0 Å². The van der Waals surface area contributed by atoms with E-state index in [0.29, 0.717) is 31.1 Å². The van der Waals surface area contributed by atoms with Crippen LogP contribution in [0.15, 0.2) is 17.5 Å². The number of ether oxygens (including phenoxy) is 1. The lowest BCUT2D eigenvalue weighted by Gasteiger charge is -2.35. The number of amides is 2. The molecule has 7 heteroatoms. The molecule has 1 fully saturated rings. The van der Waals surface area contributed by atoms with Gasteiger partial charge in [-0.25, -0.2) is 4.79 Å². The van der Waals surface area contributed by atoms with Crippen molar-refractivity contribution in [2.45, 2.75) is 39.2 Å². The molecule has 1 aromatic rings. The molecule has 1 aromatic heterocycles. The molecule has 2 heterocycles. The summed E-state index contributed by atoms with van der Waals surface area (Å²) in [6.07, 6.45) is 0.0944. The molecule has 132 valence electrons. The summed E-state index contributed by atoms with van der Waals surface area (Å²) in [5.74, 6) is -0.0329. The van der Waals surface area contributed by atoms with Gasteiger partial charge in [0.05, 0.1) is 4.88 Å². The summed E-state index contributed by atoms with van der Waals surface area (Å²) < 4.78 is 5.33. The van der Waals surface area contributed by atoms with Gasteiger partial charge in [-0.3, -0.25) is 9.59 Å². The molecule has 2 amide bonds. The van der Waals surface area contributed by atoms with Crippen molar-refractivity contribution in [3.05, 3.63) is 22.4 Å². The fourth-order valence-electron chi connectivity index (χ4n) is 2.40. The Morgan fingerprint density at radius 1 is 1.08 bits per heavy atom. The van der Waals surface area contributed by atoms with E-state index in [2.05, 4.69) is 0 Å². The van der Waals surface area contributed by atoms with Crippen molar-refractivity contribution >= 4 is 29.1 Å². The predicted octanol–water partition coefficient (Wildman–Crippen LogP) is 2.79. The van der Waals surface area contributed by atoms with Crippen LogP contribution in [-0.4, -0.2) is 59.4 Å². The van der Waals surface area contributed by atoms with Crippen molar-refractivity contribution in [3.63, 3.8) is 0 Å². The van der Waals surface area contributed by atoms with Crippen molar-refractivity contribution in [1.29, 1.82) is 0 Å². The molecule has 0 aliphatic carbocycles. The summed E-state index contributed by atoms with van der Waals surface area (Å²) in [7, 11) is 0. The van der Waals surface area contributed by atoms with Gasteiger partial charge in [0.15, 0.2) is 5.78 Å². The minimum absolute atomic E-state index is 0.00532. The Hall–Kier alpha value is -1.89. The molecule has 0 N–H and O–H groups in total. The maximum absolute atomic E-state index is 12.2. The highest BCUT2D eigenvalue weighted by Gasteiger charge is 2.27. The normalized spacial score (nSPS) is 15.3. The largest absolute Gasteiger partial charge is 0.444 e. The molecule has 6 nitrogen and oxygen atoms in total. The average Bonchev–Trinajstić information content (AvgIpc) is 3.05. The molecular formula is C17H24N2O4S. The predicted molar refractivity (Wildman–Crippen MR) is 92.3 cm³/mol. The molecule has 0 aromatic carbocycles. The van der Waals surface area contributed by atoms with Gasteiger partial charge in [0.1, 0.15) is 5.60 Å². The van der Waals surface area contributed by atoms with Crippen LogP contribution in [-0.2, 0) is 9.53 Å². The quantitative estimate of drug-likeness (QED) is 0.782. The first-order chi connectivity index (χ1) is 11.3. The zero-order valence-corrected chi connectivity index (χ0v) is 15.2. The Balaban J connectivity index is 1.74. The monoisotopic (exact) mass is 352 g/mol. The number of hydrogen-bond acceptors (Lipinski definition) is 5. The van der Waals surface area contributed by atoms with E-state index in [0.717, 1.165) is 0 Å². The maximum atomic E-state index is 12.2. The van der Waals surface area contributed by atoms with Gasteiger partial charge in [0.25, 0.3) is 0 Å². The van der Waals surface area contributed by atoms with Gasteiger partial charge in [0, 0.05) is 39.0 Å². The molecule has 1 aliphatic rings. The lowest BCUT2D eigenvalue weighted by Crippen LogP contribution is -2.51. The first-order valence-corrected chi connectivity index (χ1v) is 8.96. The van der Waals surface area contributed by atoms with E-state index < -0.39 is 5.60 Å². The lowest BCUT2D eigenvalue weighted by atomic mass is 10.1. The number of rotatable bonds is 4. The highest BCUT2D eigenvalue weighted by atomic mass is 32.1. The fourth-order valence-corrected chi connectivity index (χ4v) is 3.10. The summed E-state index contributed by atoms with van der Waals surface area (Å²) in [6, 6.07) is 3.60. The molecule has 0 atom stereocenters. The number of piperazine rings is 1.